The third-order valence-electron chi connectivity index (χ3n) is 4.97. The maximum atomic E-state index is 14.2. The van der Waals surface area contributed by atoms with Gasteiger partial charge in [-0.2, -0.15) is 13.2 Å². The second-order valence-electron chi connectivity index (χ2n) is 6.56. The van der Waals surface area contributed by atoms with Gasteiger partial charge in [-0.25, -0.2) is 4.98 Å². The van der Waals surface area contributed by atoms with Gasteiger partial charge >= 0.3 is 6.18 Å². The fourth-order valence-electron chi connectivity index (χ4n) is 3.65. The van der Waals surface area contributed by atoms with E-state index in [2.05, 4.69) is 4.98 Å². The average molecular weight is 378 g/mol. The van der Waals surface area contributed by atoms with E-state index >= 15 is 0 Å². The number of alkyl halides is 3. The maximum Gasteiger partial charge on any atom is 0.428 e. The van der Waals surface area contributed by atoms with Crippen LogP contribution in [-0.4, -0.2) is 16.3 Å². The first kappa shape index (κ1) is 17.3. The van der Waals surface area contributed by atoms with Crippen molar-refractivity contribution in [1.29, 1.82) is 0 Å². The molecule has 2 aromatic carbocycles. The number of anilines is 1. The molecule has 1 unspecified atom stereocenters. The van der Waals surface area contributed by atoms with Gasteiger partial charge in [-0.3, -0.25) is 0 Å². The molecule has 136 valence electrons. The SMILES string of the molecule is Nc1ccc(C(O)(c2nc3ccccc3s2)C(F)(F)F)c2c1CCCC2. The minimum atomic E-state index is -4.90. The number of halogens is 3. The second-order valence-corrected chi connectivity index (χ2v) is 7.59. The smallest absolute Gasteiger partial charge is 0.398 e. The molecule has 0 aliphatic heterocycles. The van der Waals surface area contributed by atoms with Crippen molar-refractivity contribution in [3.63, 3.8) is 0 Å². The van der Waals surface area contributed by atoms with Crippen molar-refractivity contribution in [1.82, 2.24) is 4.98 Å². The molecule has 1 aromatic heterocycles. The highest BCUT2D eigenvalue weighted by molar-refractivity contribution is 7.18. The fourth-order valence-corrected chi connectivity index (χ4v) is 4.74. The van der Waals surface area contributed by atoms with Gasteiger partial charge in [0, 0.05) is 11.3 Å². The number of nitrogens with zero attached hydrogens (tertiary/aromatic N) is 1. The Labute approximate surface area is 152 Å². The molecule has 1 atom stereocenters. The zero-order valence-electron chi connectivity index (χ0n) is 13.8. The van der Waals surface area contributed by atoms with Crippen LogP contribution in [0.4, 0.5) is 18.9 Å². The molecule has 0 fully saturated rings. The molecule has 0 bridgehead atoms. The third-order valence-corrected chi connectivity index (χ3v) is 6.12. The van der Waals surface area contributed by atoms with Gasteiger partial charge in [0.2, 0.25) is 5.60 Å². The number of para-hydroxylation sites is 1. The van der Waals surface area contributed by atoms with Crippen LogP contribution in [-0.2, 0) is 18.4 Å². The molecule has 1 aliphatic carbocycles. The summed E-state index contributed by atoms with van der Waals surface area (Å²) in [6.07, 6.45) is -2.15. The zero-order chi connectivity index (χ0) is 18.5. The number of rotatable bonds is 2. The molecular formula is C19H17F3N2OS. The van der Waals surface area contributed by atoms with Crippen molar-refractivity contribution in [2.24, 2.45) is 0 Å². The lowest BCUT2D eigenvalue weighted by Gasteiger charge is -2.33. The molecule has 0 amide bonds. The van der Waals surface area contributed by atoms with Crippen LogP contribution < -0.4 is 5.73 Å². The number of aromatic nitrogens is 1. The first-order chi connectivity index (χ1) is 12.3. The number of thiazole rings is 1. The summed E-state index contributed by atoms with van der Waals surface area (Å²) in [6.45, 7) is 0. The summed E-state index contributed by atoms with van der Waals surface area (Å²) in [5.74, 6) is 0. The largest absolute Gasteiger partial charge is 0.428 e. The minimum absolute atomic E-state index is 0.145. The second kappa shape index (κ2) is 5.96. The van der Waals surface area contributed by atoms with E-state index in [1.807, 2.05) is 0 Å². The summed E-state index contributed by atoms with van der Waals surface area (Å²) in [6, 6.07) is 9.56. The molecule has 3 nitrogen and oxygen atoms in total. The highest BCUT2D eigenvalue weighted by atomic mass is 32.1. The number of nitrogens with two attached hydrogens (primary N) is 1. The Hall–Kier alpha value is -2.12. The summed E-state index contributed by atoms with van der Waals surface area (Å²) in [5, 5.41) is 10.7. The van der Waals surface area contributed by atoms with Gasteiger partial charge < -0.3 is 10.8 Å². The molecule has 0 spiro atoms. The Morgan fingerprint density at radius 3 is 2.38 bits per heavy atom. The van der Waals surface area contributed by atoms with Gasteiger partial charge in [0.15, 0.2) is 0 Å². The molecule has 0 saturated carbocycles. The molecule has 3 N–H and O–H groups in total. The highest BCUT2D eigenvalue weighted by Crippen LogP contribution is 2.49. The lowest BCUT2D eigenvalue weighted by atomic mass is 9.80. The first-order valence-electron chi connectivity index (χ1n) is 8.38. The van der Waals surface area contributed by atoms with Crippen LogP contribution in [0.1, 0.15) is 34.5 Å². The van der Waals surface area contributed by atoms with Crippen LogP contribution in [0.5, 0.6) is 0 Å². The number of benzene rings is 2. The predicted octanol–water partition coefficient (Wildman–Crippen LogP) is 4.56. The highest BCUT2D eigenvalue weighted by Gasteiger charge is 2.59. The normalized spacial score (nSPS) is 17.1. The van der Waals surface area contributed by atoms with Gasteiger partial charge in [-0.1, -0.05) is 18.2 Å². The number of nitrogen functional groups attached to an aromatic ring is 1. The Morgan fingerprint density at radius 2 is 1.69 bits per heavy atom. The van der Waals surface area contributed by atoms with E-state index in [1.165, 1.54) is 12.1 Å². The molecule has 1 aliphatic rings. The zero-order valence-corrected chi connectivity index (χ0v) is 14.6. The summed E-state index contributed by atoms with van der Waals surface area (Å²) < 4.78 is 43.1. The van der Waals surface area contributed by atoms with Crippen LogP contribution in [0.3, 0.4) is 0 Å². The predicted molar refractivity (Wildman–Crippen MR) is 96.2 cm³/mol. The van der Waals surface area contributed by atoms with Crippen molar-refractivity contribution in [3.05, 3.63) is 58.1 Å². The van der Waals surface area contributed by atoms with Crippen LogP contribution in [0.25, 0.3) is 10.2 Å². The standard InChI is InChI=1S/C19H17F3N2OS/c20-19(21,22)18(25,17-24-15-7-3-4-8-16(15)26-17)13-9-10-14(23)12-6-2-1-5-11(12)13/h3-4,7-10,25H,1-2,5-6,23H2. The summed E-state index contributed by atoms with van der Waals surface area (Å²) in [7, 11) is 0. The van der Waals surface area contributed by atoms with Gasteiger partial charge in [0.1, 0.15) is 5.01 Å². The molecule has 0 saturated heterocycles. The summed E-state index contributed by atoms with van der Waals surface area (Å²) >= 11 is 0.868. The lowest BCUT2D eigenvalue weighted by molar-refractivity contribution is -0.248. The monoisotopic (exact) mass is 378 g/mol. The quantitative estimate of drug-likeness (QED) is 0.643. The Bertz CT molecular complexity index is 950. The summed E-state index contributed by atoms with van der Waals surface area (Å²) in [4.78, 5) is 4.12. The maximum absolute atomic E-state index is 14.2. The van der Waals surface area contributed by atoms with Gasteiger partial charge in [0.05, 0.1) is 10.2 Å². The number of fused-ring (bicyclic) bond motifs is 2. The van der Waals surface area contributed by atoms with Gasteiger partial charge in [-0.05, 0) is 55.0 Å². The third kappa shape index (κ3) is 2.49. The van der Waals surface area contributed by atoms with Crippen molar-refractivity contribution < 1.29 is 18.3 Å². The summed E-state index contributed by atoms with van der Waals surface area (Å²) in [5.41, 5.74) is 4.85. The van der Waals surface area contributed by atoms with Gasteiger partial charge in [0.25, 0.3) is 0 Å². The van der Waals surface area contributed by atoms with E-state index in [0.29, 0.717) is 34.3 Å². The first-order valence-corrected chi connectivity index (χ1v) is 9.20. The lowest BCUT2D eigenvalue weighted by Crippen LogP contribution is -2.44. The molecule has 3 aromatic rings. The van der Waals surface area contributed by atoms with Crippen LogP contribution in [0, 0.1) is 0 Å². The number of aliphatic hydroxyl groups is 1. The Morgan fingerprint density at radius 1 is 1.00 bits per heavy atom. The number of hydrogen-bond donors (Lipinski definition) is 2. The Balaban J connectivity index is 2.00. The fraction of sp³-hybridized carbons (Fsp3) is 0.316. The van der Waals surface area contributed by atoms with Crippen molar-refractivity contribution in [3.8, 4) is 0 Å². The topological polar surface area (TPSA) is 59.1 Å². The van der Waals surface area contributed by atoms with Crippen molar-refractivity contribution >= 4 is 27.2 Å². The molecular weight excluding hydrogens is 361 g/mol. The van der Waals surface area contributed by atoms with Crippen molar-refractivity contribution in [2.45, 2.75) is 37.5 Å². The minimum Gasteiger partial charge on any atom is -0.398 e. The van der Waals surface area contributed by atoms with Crippen LogP contribution in [0.15, 0.2) is 36.4 Å². The molecule has 0 radical (unpaired) electrons. The average Bonchev–Trinajstić information content (AvgIpc) is 3.05. The van der Waals surface area contributed by atoms with E-state index in [1.54, 1.807) is 24.3 Å². The molecule has 26 heavy (non-hydrogen) atoms. The van der Waals surface area contributed by atoms with Crippen molar-refractivity contribution in [2.75, 3.05) is 5.73 Å². The molecule has 4 rings (SSSR count). The van der Waals surface area contributed by atoms with Crippen LogP contribution in [0.2, 0.25) is 0 Å². The van der Waals surface area contributed by atoms with Crippen LogP contribution >= 0.6 is 11.3 Å². The van der Waals surface area contributed by atoms with Gasteiger partial charge in [-0.15, -0.1) is 11.3 Å². The Kier molecular flexibility index (Phi) is 3.96. The van der Waals surface area contributed by atoms with E-state index in [9.17, 15) is 18.3 Å². The molecule has 1 heterocycles. The molecule has 7 heteroatoms. The van der Waals surface area contributed by atoms with E-state index < -0.39 is 11.8 Å². The van der Waals surface area contributed by atoms with E-state index in [0.717, 1.165) is 29.7 Å². The number of hydrogen-bond acceptors (Lipinski definition) is 4. The van der Waals surface area contributed by atoms with E-state index in [-0.39, 0.29) is 10.6 Å². The van der Waals surface area contributed by atoms with E-state index in [4.69, 9.17) is 5.73 Å².